The fourth-order valence-corrected chi connectivity index (χ4v) is 2.55. The molecule has 0 unspecified atom stereocenters. The summed E-state index contributed by atoms with van der Waals surface area (Å²) in [6.07, 6.45) is 1.90. The van der Waals surface area contributed by atoms with Gasteiger partial charge in [-0.25, -0.2) is 0 Å². The Kier molecular flexibility index (Phi) is 4.59. The zero-order chi connectivity index (χ0) is 16.2. The van der Waals surface area contributed by atoms with Crippen LogP contribution in [0.2, 0.25) is 5.02 Å². The van der Waals surface area contributed by atoms with Crippen LogP contribution in [0.5, 0.6) is 0 Å². The molecule has 0 aliphatic rings. The number of amides is 1. The van der Waals surface area contributed by atoms with Gasteiger partial charge in [-0.2, -0.15) is 4.68 Å². The Bertz CT molecular complexity index is 834. The molecule has 1 heterocycles. The summed E-state index contributed by atoms with van der Waals surface area (Å²) in [7, 11) is 0. The van der Waals surface area contributed by atoms with E-state index >= 15 is 0 Å². The summed E-state index contributed by atoms with van der Waals surface area (Å²) in [4.78, 5) is 12.2. The molecule has 0 aliphatic heterocycles. The normalized spacial score (nSPS) is 10.5. The Morgan fingerprint density at radius 1 is 1.22 bits per heavy atom. The lowest BCUT2D eigenvalue weighted by atomic mass is 10.2. The van der Waals surface area contributed by atoms with Crippen LogP contribution in [0.3, 0.4) is 0 Å². The molecule has 0 spiro atoms. The van der Waals surface area contributed by atoms with E-state index in [1.165, 1.54) is 11.8 Å². The second-order valence-electron chi connectivity index (χ2n) is 4.59. The summed E-state index contributed by atoms with van der Waals surface area (Å²) in [5.41, 5.74) is 1.96. The third-order valence-electron chi connectivity index (χ3n) is 3.08. The average molecular weight is 346 g/mol. The molecule has 0 saturated carbocycles. The molecule has 0 aliphatic carbocycles. The summed E-state index contributed by atoms with van der Waals surface area (Å²) in [5, 5.41) is 15.6. The SMILES string of the molecule is CSc1nnnn1-c1cccc(NC(=O)c2ccc(Cl)cc2)c1. The molecule has 0 radical (unpaired) electrons. The van der Waals surface area contributed by atoms with Crippen molar-refractivity contribution in [3.8, 4) is 5.69 Å². The number of hydrogen-bond acceptors (Lipinski definition) is 5. The molecule has 1 aromatic heterocycles. The van der Waals surface area contributed by atoms with Gasteiger partial charge in [-0.05, 0) is 59.1 Å². The van der Waals surface area contributed by atoms with Crippen molar-refractivity contribution in [3.05, 3.63) is 59.1 Å². The van der Waals surface area contributed by atoms with Gasteiger partial charge in [0, 0.05) is 16.3 Å². The summed E-state index contributed by atoms with van der Waals surface area (Å²) in [6, 6.07) is 14.0. The fourth-order valence-electron chi connectivity index (χ4n) is 1.99. The quantitative estimate of drug-likeness (QED) is 0.734. The molecule has 23 heavy (non-hydrogen) atoms. The van der Waals surface area contributed by atoms with E-state index in [1.807, 2.05) is 24.5 Å². The van der Waals surface area contributed by atoms with Crippen LogP contribution < -0.4 is 5.32 Å². The first-order chi connectivity index (χ1) is 11.2. The van der Waals surface area contributed by atoms with E-state index < -0.39 is 0 Å². The maximum absolute atomic E-state index is 12.2. The highest BCUT2D eigenvalue weighted by atomic mass is 35.5. The standard InChI is InChI=1S/C15H12ClN5OS/c1-23-15-18-19-20-21(15)13-4-2-3-12(9-13)17-14(22)10-5-7-11(16)8-6-10/h2-9H,1H3,(H,17,22). The molecule has 0 bridgehead atoms. The molecular weight excluding hydrogens is 334 g/mol. The van der Waals surface area contributed by atoms with Crippen molar-refractivity contribution in [2.45, 2.75) is 5.16 Å². The first-order valence-corrected chi connectivity index (χ1v) is 8.27. The molecule has 0 atom stereocenters. The lowest BCUT2D eigenvalue weighted by Gasteiger charge is -2.08. The second kappa shape index (κ2) is 6.80. The van der Waals surface area contributed by atoms with Gasteiger partial charge in [0.25, 0.3) is 5.91 Å². The summed E-state index contributed by atoms with van der Waals surface area (Å²) in [5.74, 6) is -0.208. The number of hydrogen-bond donors (Lipinski definition) is 1. The number of carbonyl (C=O) groups is 1. The third-order valence-corrected chi connectivity index (χ3v) is 3.95. The predicted octanol–water partition coefficient (Wildman–Crippen LogP) is 3.29. The van der Waals surface area contributed by atoms with E-state index in [1.54, 1.807) is 35.0 Å². The minimum Gasteiger partial charge on any atom is -0.322 e. The number of aromatic nitrogens is 4. The van der Waals surface area contributed by atoms with Crippen LogP contribution in [0.25, 0.3) is 5.69 Å². The fraction of sp³-hybridized carbons (Fsp3) is 0.0667. The van der Waals surface area contributed by atoms with Crippen molar-refractivity contribution in [3.63, 3.8) is 0 Å². The van der Waals surface area contributed by atoms with Crippen molar-refractivity contribution in [1.82, 2.24) is 20.2 Å². The van der Waals surface area contributed by atoms with Gasteiger partial charge in [-0.3, -0.25) is 4.79 Å². The highest BCUT2D eigenvalue weighted by Crippen LogP contribution is 2.19. The van der Waals surface area contributed by atoms with E-state index in [2.05, 4.69) is 20.8 Å². The zero-order valence-electron chi connectivity index (χ0n) is 12.1. The van der Waals surface area contributed by atoms with Crippen molar-refractivity contribution in [1.29, 1.82) is 0 Å². The molecule has 8 heteroatoms. The zero-order valence-corrected chi connectivity index (χ0v) is 13.7. The lowest BCUT2D eigenvalue weighted by Crippen LogP contribution is -2.12. The maximum Gasteiger partial charge on any atom is 0.255 e. The molecule has 1 N–H and O–H groups in total. The minimum atomic E-state index is -0.208. The van der Waals surface area contributed by atoms with Gasteiger partial charge >= 0.3 is 0 Å². The topological polar surface area (TPSA) is 72.7 Å². The number of thioether (sulfide) groups is 1. The molecule has 116 valence electrons. The van der Waals surface area contributed by atoms with Crippen LogP contribution in [-0.4, -0.2) is 32.4 Å². The Morgan fingerprint density at radius 3 is 2.74 bits per heavy atom. The second-order valence-corrected chi connectivity index (χ2v) is 5.80. The Labute approximate surface area is 141 Å². The first-order valence-electron chi connectivity index (χ1n) is 6.67. The largest absolute Gasteiger partial charge is 0.322 e. The van der Waals surface area contributed by atoms with Crippen molar-refractivity contribution in [2.24, 2.45) is 0 Å². The Hall–Kier alpha value is -2.38. The number of anilines is 1. The van der Waals surface area contributed by atoms with Gasteiger partial charge in [-0.1, -0.05) is 29.4 Å². The van der Waals surface area contributed by atoms with Gasteiger partial charge in [0.05, 0.1) is 5.69 Å². The summed E-state index contributed by atoms with van der Waals surface area (Å²) >= 11 is 7.27. The third kappa shape index (κ3) is 3.52. The summed E-state index contributed by atoms with van der Waals surface area (Å²) < 4.78 is 1.61. The molecular formula is C15H12ClN5OS. The van der Waals surface area contributed by atoms with Crippen LogP contribution in [0, 0.1) is 0 Å². The van der Waals surface area contributed by atoms with Crippen LogP contribution in [0.4, 0.5) is 5.69 Å². The van der Waals surface area contributed by atoms with Crippen molar-refractivity contribution in [2.75, 3.05) is 11.6 Å². The molecule has 0 saturated heterocycles. The van der Waals surface area contributed by atoms with Gasteiger partial charge in [-0.15, -0.1) is 5.10 Å². The number of nitrogens with one attached hydrogen (secondary N) is 1. The van der Waals surface area contributed by atoms with Crippen LogP contribution in [0.15, 0.2) is 53.7 Å². The number of carbonyl (C=O) groups excluding carboxylic acids is 1. The van der Waals surface area contributed by atoms with E-state index in [9.17, 15) is 4.79 Å². The minimum absolute atomic E-state index is 0.208. The number of nitrogens with zero attached hydrogens (tertiary/aromatic N) is 4. The highest BCUT2D eigenvalue weighted by Gasteiger charge is 2.09. The lowest BCUT2D eigenvalue weighted by molar-refractivity contribution is 0.102. The Morgan fingerprint density at radius 2 is 2.00 bits per heavy atom. The Balaban J connectivity index is 1.83. The molecule has 3 rings (SSSR count). The number of benzene rings is 2. The van der Waals surface area contributed by atoms with Crippen LogP contribution in [-0.2, 0) is 0 Å². The molecule has 1 amide bonds. The average Bonchev–Trinajstić information content (AvgIpc) is 3.04. The van der Waals surface area contributed by atoms with Crippen LogP contribution in [0.1, 0.15) is 10.4 Å². The highest BCUT2D eigenvalue weighted by molar-refractivity contribution is 7.98. The van der Waals surface area contributed by atoms with Crippen molar-refractivity contribution < 1.29 is 4.79 Å². The maximum atomic E-state index is 12.2. The van der Waals surface area contributed by atoms with Gasteiger partial charge in [0.1, 0.15) is 0 Å². The van der Waals surface area contributed by atoms with Crippen LogP contribution >= 0.6 is 23.4 Å². The summed E-state index contributed by atoms with van der Waals surface area (Å²) in [6.45, 7) is 0. The number of rotatable bonds is 4. The molecule has 3 aromatic rings. The van der Waals surface area contributed by atoms with Gasteiger partial charge < -0.3 is 5.32 Å². The van der Waals surface area contributed by atoms with Gasteiger partial charge in [0.15, 0.2) is 0 Å². The van der Waals surface area contributed by atoms with E-state index in [4.69, 9.17) is 11.6 Å². The number of halogens is 1. The first kappa shape index (κ1) is 15.5. The monoisotopic (exact) mass is 345 g/mol. The van der Waals surface area contributed by atoms with E-state index in [-0.39, 0.29) is 5.91 Å². The van der Waals surface area contributed by atoms with Crippen molar-refractivity contribution >= 4 is 35.0 Å². The van der Waals surface area contributed by atoms with E-state index in [0.29, 0.717) is 21.4 Å². The molecule has 6 nitrogen and oxygen atoms in total. The van der Waals surface area contributed by atoms with Gasteiger partial charge in [0.2, 0.25) is 5.16 Å². The molecule has 0 fully saturated rings. The van der Waals surface area contributed by atoms with E-state index in [0.717, 1.165) is 5.69 Å². The number of tetrazole rings is 1. The molecule has 2 aromatic carbocycles. The smallest absolute Gasteiger partial charge is 0.255 e. The predicted molar refractivity (Wildman–Crippen MR) is 90.3 cm³/mol.